The molecule has 10 nitrogen and oxygen atoms in total. The zero-order chi connectivity index (χ0) is 29.2. The number of allylic oxidation sites excluding steroid dienone is 2. The summed E-state index contributed by atoms with van der Waals surface area (Å²) in [6.07, 6.45) is 13.4. The number of carbonyl (C=O) groups is 4. The highest BCUT2D eigenvalue weighted by Crippen LogP contribution is 2.57. The molecular formula is C30H45N3O7S. The average Bonchev–Trinajstić information content (AvgIpc) is 3.80. The lowest BCUT2D eigenvalue weighted by molar-refractivity contribution is -0.140. The van der Waals surface area contributed by atoms with Crippen LogP contribution in [0.3, 0.4) is 0 Å². The Balaban J connectivity index is 1.36. The van der Waals surface area contributed by atoms with E-state index >= 15 is 0 Å². The van der Waals surface area contributed by atoms with Crippen LogP contribution < -0.4 is 10.0 Å². The van der Waals surface area contributed by atoms with E-state index in [4.69, 9.17) is 4.74 Å². The molecule has 3 amide bonds. The maximum absolute atomic E-state index is 14.0. The van der Waals surface area contributed by atoms with Crippen molar-refractivity contribution in [3.63, 3.8) is 0 Å². The molecule has 228 valence electrons. The minimum absolute atomic E-state index is 0.110. The van der Waals surface area contributed by atoms with E-state index in [0.29, 0.717) is 38.6 Å². The largest absolute Gasteiger partial charge is 0.446 e. The Bertz CT molecular complexity index is 1160. The van der Waals surface area contributed by atoms with Crippen molar-refractivity contribution in [2.45, 2.75) is 127 Å². The van der Waals surface area contributed by atoms with Crippen molar-refractivity contribution < 1.29 is 32.3 Å². The molecule has 2 N–H and O–H groups in total. The van der Waals surface area contributed by atoms with Gasteiger partial charge in [-0.1, -0.05) is 38.3 Å². The van der Waals surface area contributed by atoms with Crippen LogP contribution in [-0.2, 0) is 29.1 Å². The molecule has 0 spiro atoms. The first kappa shape index (κ1) is 30.0. The normalized spacial score (nSPS) is 34.1. The number of ether oxygens (including phenoxy) is 1. The number of fused-ring (bicyclic) bond motifs is 2. The van der Waals surface area contributed by atoms with Gasteiger partial charge < -0.3 is 15.0 Å². The number of alkyl carbamates (subject to hydrolysis) is 1. The van der Waals surface area contributed by atoms with E-state index in [9.17, 15) is 27.6 Å². The monoisotopic (exact) mass is 591 g/mol. The van der Waals surface area contributed by atoms with Gasteiger partial charge in [0.05, 0.1) is 16.7 Å². The second-order valence-corrected chi connectivity index (χ2v) is 14.8. The fourth-order valence-electron chi connectivity index (χ4n) is 6.86. The Morgan fingerprint density at radius 2 is 1.78 bits per heavy atom. The van der Waals surface area contributed by atoms with Crippen LogP contribution in [0.15, 0.2) is 12.2 Å². The van der Waals surface area contributed by atoms with E-state index in [1.807, 2.05) is 19.1 Å². The van der Waals surface area contributed by atoms with Crippen LogP contribution in [0, 0.1) is 17.3 Å². The molecule has 4 fully saturated rings. The van der Waals surface area contributed by atoms with Gasteiger partial charge in [0.15, 0.2) is 5.78 Å². The van der Waals surface area contributed by atoms with Crippen LogP contribution in [0.5, 0.6) is 0 Å². The molecule has 0 bridgehead atoms. The molecule has 0 radical (unpaired) electrons. The van der Waals surface area contributed by atoms with Crippen molar-refractivity contribution in [1.29, 1.82) is 0 Å². The van der Waals surface area contributed by atoms with Gasteiger partial charge in [-0.3, -0.25) is 19.1 Å². The molecule has 0 aromatic heterocycles. The van der Waals surface area contributed by atoms with Gasteiger partial charge in [-0.05, 0) is 82.5 Å². The molecule has 5 rings (SSSR count). The number of sulfonamides is 1. The SMILES string of the molecule is CC[C@@H]1C[C@H]2C(=O)C[C@]3(C(=O)NS(=O)(=O)C4CC4)C[C@H]3/C=C\CCCCC[C@H](NC(=O)OC3CCCC3)C(=O)N2C1. The maximum atomic E-state index is 14.0. The molecule has 3 aliphatic carbocycles. The van der Waals surface area contributed by atoms with Crippen molar-refractivity contribution in [3.05, 3.63) is 12.2 Å². The van der Waals surface area contributed by atoms with Crippen molar-refractivity contribution in [2.24, 2.45) is 17.3 Å². The van der Waals surface area contributed by atoms with E-state index < -0.39 is 44.8 Å². The highest BCUT2D eigenvalue weighted by Gasteiger charge is 2.61. The molecule has 3 saturated carbocycles. The van der Waals surface area contributed by atoms with Crippen LogP contribution in [0.2, 0.25) is 0 Å². The van der Waals surface area contributed by atoms with Gasteiger partial charge >= 0.3 is 6.09 Å². The van der Waals surface area contributed by atoms with Gasteiger partial charge in [0.2, 0.25) is 21.8 Å². The van der Waals surface area contributed by atoms with Gasteiger partial charge in [-0.2, -0.15) is 0 Å². The number of rotatable bonds is 6. The third kappa shape index (κ3) is 6.97. The molecule has 0 unspecified atom stereocenters. The summed E-state index contributed by atoms with van der Waals surface area (Å²) < 4.78 is 33.1. The molecule has 2 heterocycles. The predicted octanol–water partition coefficient (Wildman–Crippen LogP) is 3.75. The molecule has 41 heavy (non-hydrogen) atoms. The van der Waals surface area contributed by atoms with Crippen molar-refractivity contribution in [3.8, 4) is 0 Å². The van der Waals surface area contributed by atoms with E-state index in [1.165, 1.54) is 0 Å². The first-order chi connectivity index (χ1) is 19.6. The number of ketones is 1. The van der Waals surface area contributed by atoms with E-state index in [-0.39, 0.29) is 36.1 Å². The second-order valence-electron chi connectivity index (χ2n) is 12.9. The number of amides is 3. The fourth-order valence-corrected chi connectivity index (χ4v) is 8.24. The van der Waals surface area contributed by atoms with Gasteiger partial charge in [-0.15, -0.1) is 0 Å². The van der Waals surface area contributed by atoms with Crippen molar-refractivity contribution in [1.82, 2.24) is 14.9 Å². The minimum atomic E-state index is -3.75. The Morgan fingerprint density at radius 3 is 2.49 bits per heavy atom. The summed E-state index contributed by atoms with van der Waals surface area (Å²) in [6.45, 7) is 2.44. The highest BCUT2D eigenvalue weighted by atomic mass is 32.2. The second kappa shape index (κ2) is 12.4. The third-order valence-electron chi connectivity index (χ3n) is 9.79. The van der Waals surface area contributed by atoms with Gasteiger partial charge in [0.1, 0.15) is 12.1 Å². The smallest absolute Gasteiger partial charge is 0.408 e. The zero-order valence-corrected chi connectivity index (χ0v) is 25.0. The lowest BCUT2D eigenvalue weighted by atomic mass is 9.90. The molecule has 0 aromatic rings. The molecule has 5 aliphatic rings. The molecule has 1 saturated heterocycles. The summed E-state index contributed by atoms with van der Waals surface area (Å²) in [5.41, 5.74) is -1.11. The van der Waals surface area contributed by atoms with E-state index in [1.54, 1.807) is 4.90 Å². The molecular weight excluding hydrogens is 546 g/mol. The zero-order valence-electron chi connectivity index (χ0n) is 24.1. The molecule has 2 aliphatic heterocycles. The Kier molecular flexibility index (Phi) is 9.11. The minimum Gasteiger partial charge on any atom is -0.446 e. The number of nitrogens with zero attached hydrogens (tertiary/aromatic N) is 1. The summed E-state index contributed by atoms with van der Waals surface area (Å²) in [5.74, 6) is -1.18. The number of nitrogens with one attached hydrogen (secondary N) is 2. The number of hydrogen-bond donors (Lipinski definition) is 2. The third-order valence-corrected chi connectivity index (χ3v) is 11.6. The topological polar surface area (TPSA) is 139 Å². The van der Waals surface area contributed by atoms with Gasteiger partial charge in [-0.25, -0.2) is 13.2 Å². The highest BCUT2D eigenvalue weighted by molar-refractivity contribution is 7.90. The first-order valence-electron chi connectivity index (χ1n) is 15.7. The number of Topliss-reactive ketones (excluding diaryl/α,β-unsaturated/α-hetero) is 1. The predicted molar refractivity (Wildman–Crippen MR) is 152 cm³/mol. The first-order valence-corrected chi connectivity index (χ1v) is 17.2. The van der Waals surface area contributed by atoms with Gasteiger partial charge in [0.25, 0.3) is 0 Å². The molecule has 0 aromatic carbocycles. The van der Waals surface area contributed by atoms with Crippen LogP contribution in [0.1, 0.15) is 103 Å². The Morgan fingerprint density at radius 1 is 1.05 bits per heavy atom. The van der Waals surface area contributed by atoms with Crippen LogP contribution >= 0.6 is 0 Å². The average molecular weight is 592 g/mol. The van der Waals surface area contributed by atoms with Crippen LogP contribution in [-0.4, -0.2) is 67.0 Å². The van der Waals surface area contributed by atoms with E-state index in [0.717, 1.165) is 57.8 Å². The Hall–Kier alpha value is -2.43. The van der Waals surface area contributed by atoms with Crippen LogP contribution in [0.25, 0.3) is 0 Å². The summed E-state index contributed by atoms with van der Waals surface area (Å²) in [6, 6.07) is -1.49. The quantitative estimate of drug-likeness (QED) is 0.449. The fraction of sp³-hybridized carbons (Fsp3) is 0.800. The Labute approximate surface area is 243 Å². The van der Waals surface area contributed by atoms with E-state index in [2.05, 4.69) is 10.0 Å². The lowest BCUT2D eigenvalue weighted by Gasteiger charge is -2.29. The summed E-state index contributed by atoms with van der Waals surface area (Å²) >= 11 is 0. The summed E-state index contributed by atoms with van der Waals surface area (Å²) in [4.78, 5) is 55.7. The molecule has 11 heteroatoms. The number of carbonyl (C=O) groups excluding carboxylic acids is 4. The lowest BCUT2D eigenvalue weighted by Crippen LogP contribution is -2.52. The maximum Gasteiger partial charge on any atom is 0.408 e. The van der Waals surface area contributed by atoms with Crippen molar-refractivity contribution >= 4 is 33.7 Å². The number of hydrogen-bond acceptors (Lipinski definition) is 7. The van der Waals surface area contributed by atoms with Gasteiger partial charge in [0, 0.05) is 13.0 Å². The summed E-state index contributed by atoms with van der Waals surface area (Å²) in [7, 11) is -3.75. The van der Waals surface area contributed by atoms with Crippen LogP contribution in [0.4, 0.5) is 4.79 Å². The standard InChI is InChI=1S/C30H45N3O7S/c1-2-20-16-25-26(34)18-30(28(36)32-41(38,39)23-14-15-23)17-21(30)10-6-4-3-5-7-13-24(27(35)33(25)19-20)31-29(37)40-22-11-8-9-12-22/h6,10,20-25H,2-5,7-9,11-19H2,1H3,(H,31,37)(H,32,36)/b10-6-/t20-,21-,24+,25+,30-/m1/s1. The summed E-state index contributed by atoms with van der Waals surface area (Å²) in [5, 5.41) is 2.29. The molecule has 5 atom stereocenters. The van der Waals surface area contributed by atoms with Crippen molar-refractivity contribution in [2.75, 3.05) is 6.54 Å².